The molecule has 4 heteroatoms. The Hall–Kier alpha value is -0.610. The van der Waals surface area contributed by atoms with E-state index in [0.717, 1.165) is 25.7 Å². The molecule has 0 aliphatic heterocycles. The summed E-state index contributed by atoms with van der Waals surface area (Å²) >= 11 is 0. The minimum Gasteiger partial charge on any atom is -0.481 e. The highest BCUT2D eigenvalue weighted by molar-refractivity contribution is 5.73. The van der Waals surface area contributed by atoms with E-state index in [0.29, 0.717) is 6.54 Å². The van der Waals surface area contributed by atoms with Crippen LogP contribution in [0.25, 0.3) is 0 Å². The van der Waals surface area contributed by atoms with Gasteiger partial charge in [0.15, 0.2) is 0 Å². The van der Waals surface area contributed by atoms with Crippen LogP contribution in [0.2, 0.25) is 0 Å². The van der Waals surface area contributed by atoms with E-state index < -0.39 is 11.4 Å². The van der Waals surface area contributed by atoms with E-state index in [4.69, 9.17) is 5.11 Å². The van der Waals surface area contributed by atoms with Crippen molar-refractivity contribution in [3.05, 3.63) is 0 Å². The van der Waals surface area contributed by atoms with Gasteiger partial charge in [0.25, 0.3) is 0 Å². The number of aliphatic carboxylic acids is 1. The largest absolute Gasteiger partial charge is 0.481 e. The van der Waals surface area contributed by atoms with Gasteiger partial charge in [-0.3, -0.25) is 4.79 Å². The summed E-state index contributed by atoms with van der Waals surface area (Å²) in [6.07, 6.45) is 5.33. The minimum atomic E-state index is -0.802. The first-order valence-electron chi connectivity index (χ1n) is 6.01. The zero-order valence-electron chi connectivity index (χ0n) is 10.3. The van der Waals surface area contributed by atoms with Crippen LogP contribution in [0.4, 0.5) is 0 Å². The zero-order chi connectivity index (χ0) is 12.2. The quantitative estimate of drug-likeness (QED) is 0.666. The molecule has 0 spiro atoms. The average molecular weight is 229 g/mol. The van der Waals surface area contributed by atoms with Crippen molar-refractivity contribution in [3.8, 4) is 0 Å². The molecule has 0 amide bonds. The highest BCUT2D eigenvalue weighted by atomic mass is 16.4. The van der Waals surface area contributed by atoms with E-state index in [1.807, 2.05) is 0 Å². The average Bonchev–Trinajstić information content (AvgIpc) is 2.28. The predicted molar refractivity (Wildman–Crippen MR) is 62.3 cm³/mol. The maximum Gasteiger partial charge on any atom is 0.310 e. The van der Waals surface area contributed by atoms with Crippen molar-refractivity contribution >= 4 is 5.97 Å². The van der Waals surface area contributed by atoms with Gasteiger partial charge in [-0.05, 0) is 26.7 Å². The third kappa shape index (κ3) is 3.19. The first-order valence-corrected chi connectivity index (χ1v) is 6.01. The van der Waals surface area contributed by atoms with Gasteiger partial charge >= 0.3 is 5.97 Å². The van der Waals surface area contributed by atoms with Gasteiger partial charge in [0.1, 0.15) is 0 Å². The molecule has 0 aromatic carbocycles. The van der Waals surface area contributed by atoms with E-state index in [1.54, 1.807) is 13.8 Å². The molecule has 0 saturated heterocycles. The summed E-state index contributed by atoms with van der Waals surface area (Å²) in [5.41, 5.74) is -1.02. The second kappa shape index (κ2) is 5.15. The summed E-state index contributed by atoms with van der Waals surface area (Å²) in [7, 11) is 0. The monoisotopic (exact) mass is 229 g/mol. The molecule has 4 nitrogen and oxygen atoms in total. The molecule has 1 rings (SSSR count). The molecule has 0 radical (unpaired) electrons. The van der Waals surface area contributed by atoms with Crippen LogP contribution in [-0.2, 0) is 4.79 Å². The third-order valence-corrected chi connectivity index (χ3v) is 3.60. The minimum absolute atomic E-state index is 0.0999. The van der Waals surface area contributed by atoms with Gasteiger partial charge in [0, 0.05) is 12.1 Å². The number of rotatable bonds is 5. The van der Waals surface area contributed by atoms with Crippen LogP contribution in [0.5, 0.6) is 0 Å². The van der Waals surface area contributed by atoms with Crippen molar-refractivity contribution in [1.29, 1.82) is 0 Å². The number of nitrogens with one attached hydrogen (secondary N) is 1. The maximum atomic E-state index is 11.0. The molecule has 0 bridgehead atoms. The fraction of sp³-hybridized carbons (Fsp3) is 0.917. The molecule has 1 fully saturated rings. The predicted octanol–water partition coefficient (Wildman–Crippen LogP) is 1.38. The van der Waals surface area contributed by atoms with Crippen LogP contribution >= 0.6 is 0 Å². The van der Waals surface area contributed by atoms with E-state index in [9.17, 15) is 9.90 Å². The molecule has 94 valence electrons. The van der Waals surface area contributed by atoms with E-state index in [2.05, 4.69) is 5.32 Å². The fourth-order valence-corrected chi connectivity index (χ4v) is 2.10. The Kier molecular flexibility index (Phi) is 4.33. The Labute approximate surface area is 97.0 Å². The molecular formula is C12H23NO3. The van der Waals surface area contributed by atoms with Crippen molar-refractivity contribution < 1.29 is 15.0 Å². The smallest absolute Gasteiger partial charge is 0.310 e. The molecule has 0 unspecified atom stereocenters. The van der Waals surface area contributed by atoms with E-state index >= 15 is 0 Å². The van der Waals surface area contributed by atoms with Crippen LogP contribution in [0.15, 0.2) is 0 Å². The standard InChI is InChI=1S/C12H23NO3/c1-11(2,10(15)16)8-13-12(9-14)6-4-3-5-7-12/h13-14H,3-9H2,1-2H3,(H,15,16). The summed E-state index contributed by atoms with van der Waals surface area (Å²) in [5, 5.41) is 21.8. The van der Waals surface area contributed by atoms with E-state index in [1.165, 1.54) is 6.42 Å². The Morgan fingerprint density at radius 2 is 1.88 bits per heavy atom. The lowest BCUT2D eigenvalue weighted by Gasteiger charge is -2.38. The number of carbonyl (C=O) groups is 1. The van der Waals surface area contributed by atoms with Crippen LogP contribution in [0.1, 0.15) is 46.0 Å². The van der Waals surface area contributed by atoms with Crippen LogP contribution in [-0.4, -0.2) is 34.9 Å². The summed E-state index contributed by atoms with van der Waals surface area (Å²) in [4.78, 5) is 11.0. The van der Waals surface area contributed by atoms with Gasteiger partial charge in [0.2, 0.25) is 0 Å². The molecule has 1 saturated carbocycles. The van der Waals surface area contributed by atoms with Crippen LogP contribution in [0, 0.1) is 5.41 Å². The molecule has 0 atom stereocenters. The lowest BCUT2D eigenvalue weighted by molar-refractivity contribution is -0.146. The molecule has 0 aromatic heterocycles. The second-order valence-electron chi connectivity index (χ2n) is 5.54. The Morgan fingerprint density at radius 1 is 1.31 bits per heavy atom. The summed E-state index contributed by atoms with van der Waals surface area (Å²) < 4.78 is 0. The zero-order valence-corrected chi connectivity index (χ0v) is 10.3. The van der Waals surface area contributed by atoms with Crippen molar-refractivity contribution in [3.63, 3.8) is 0 Å². The summed E-state index contributed by atoms with van der Waals surface area (Å²) in [6, 6.07) is 0. The van der Waals surface area contributed by atoms with Crippen molar-refractivity contribution in [2.24, 2.45) is 5.41 Å². The SMILES string of the molecule is CC(C)(CNC1(CO)CCCCC1)C(=O)O. The van der Waals surface area contributed by atoms with Crippen LogP contribution in [0.3, 0.4) is 0 Å². The first kappa shape index (κ1) is 13.5. The Balaban J connectivity index is 2.54. The Bertz CT molecular complexity index is 245. The topological polar surface area (TPSA) is 69.6 Å². The lowest BCUT2D eigenvalue weighted by Crippen LogP contribution is -2.53. The number of carboxylic acids is 1. The highest BCUT2D eigenvalue weighted by Crippen LogP contribution is 2.28. The van der Waals surface area contributed by atoms with Gasteiger partial charge in [0.05, 0.1) is 12.0 Å². The molecule has 0 heterocycles. The maximum absolute atomic E-state index is 11.0. The van der Waals surface area contributed by atoms with Gasteiger partial charge in [-0.15, -0.1) is 0 Å². The molecular weight excluding hydrogens is 206 g/mol. The van der Waals surface area contributed by atoms with Gasteiger partial charge < -0.3 is 15.5 Å². The normalized spacial score (nSPS) is 20.7. The highest BCUT2D eigenvalue weighted by Gasteiger charge is 2.35. The number of carboxylic acid groups (broad SMARTS) is 1. The van der Waals surface area contributed by atoms with Crippen molar-refractivity contribution in [2.75, 3.05) is 13.2 Å². The van der Waals surface area contributed by atoms with Gasteiger partial charge in [-0.25, -0.2) is 0 Å². The van der Waals surface area contributed by atoms with Gasteiger partial charge in [-0.2, -0.15) is 0 Å². The fourth-order valence-electron chi connectivity index (χ4n) is 2.10. The van der Waals surface area contributed by atoms with E-state index in [-0.39, 0.29) is 12.1 Å². The van der Waals surface area contributed by atoms with Crippen LogP contribution < -0.4 is 5.32 Å². The first-order chi connectivity index (χ1) is 7.42. The number of aliphatic hydroxyl groups is 1. The number of aliphatic hydroxyl groups excluding tert-OH is 1. The molecule has 3 N–H and O–H groups in total. The number of hydrogen-bond donors (Lipinski definition) is 3. The Morgan fingerprint density at radius 3 is 2.31 bits per heavy atom. The second-order valence-corrected chi connectivity index (χ2v) is 5.54. The van der Waals surface area contributed by atoms with Crippen molar-refractivity contribution in [1.82, 2.24) is 5.32 Å². The number of hydrogen-bond acceptors (Lipinski definition) is 3. The van der Waals surface area contributed by atoms with Gasteiger partial charge in [-0.1, -0.05) is 19.3 Å². The lowest BCUT2D eigenvalue weighted by atomic mass is 9.81. The van der Waals surface area contributed by atoms with Crippen molar-refractivity contribution in [2.45, 2.75) is 51.5 Å². The molecule has 1 aliphatic rings. The molecule has 0 aromatic rings. The third-order valence-electron chi connectivity index (χ3n) is 3.60. The molecule has 16 heavy (non-hydrogen) atoms. The summed E-state index contributed by atoms with van der Waals surface area (Å²) in [5.74, 6) is -0.802. The summed E-state index contributed by atoms with van der Waals surface area (Å²) in [6.45, 7) is 3.91. The molecule has 1 aliphatic carbocycles.